The third-order valence-electron chi connectivity index (χ3n) is 2.38. The SMILES string of the molecule is CCCNC(C(=O)O)c1ccccc1OCC. The molecule has 2 N–H and O–H groups in total. The van der Waals surface area contributed by atoms with Crippen LogP contribution in [-0.2, 0) is 4.79 Å². The molecule has 4 heteroatoms. The number of para-hydroxylation sites is 1. The molecule has 0 aromatic heterocycles. The molecule has 0 radical (unpaired) electrons. The van der Waals surface area contributed by atoms with Gasteiger partial charge in [0.2, 0.25) is 0 Å². The molecule has 1 unspecified atom stereocenters. The monoisotopic (exact) mass is 237 g/mol. The van der Waals surface area contributed by atoms with Crippen molar-refractivity contribution in [2.75, 3.05) is 13.2 Å². The van der Waals surface area contributed by atoms with E-state index in [0.29, 0.717) is 24.5 Å². The summed E-state index contributed by atoms with van der Waals surface area (Å²) in [5, 5.41) is 12.2. The van der Waals surface area contributed by atoms with Crippen molar-refractivity contribution in [2.45, 2.75) is 26.3 Å². The number of hydrogen-bond donors (Lipinski definition) is 2. The van der Waals surface area contributed by atoms with Crippen LogP contribution < -0.4 is 10.1 Å². The van der Waals surface area contributed by atoms with Gasteiger partial charge < -0.3 is 15.2 Å². The van der Waals surface area contributed by atoms with Gasteiger partial charge >= 0.3 is 5.97 Å². The second kappa shape index (κ2) is 6.91. The molecule has 1 rings (SSSR count). The minimum Gasteiger partial charge on any atom is -0.494 e. The number of nitrogens with one attached hydrogen (secondary N) is 1. The number of carboxylic acid groups (broad SMARTS) is 1. The topological polar surface area (TPSA) is 58.6 Å². The first kappa shape index (κ1) is 13.5. The Morgan fingerprint density at radius 1 is 1.41 bits per heavy atom. The van der Waals surface area contributed by atoms with Gasteiger partial charge in [0.1, 0.15) is 11.8 Å². The van der Waals surface area contributed by atoms with Crippen molar-refractivity contribution in [3.05, 3.63) is 29.8 Å². The van der Waals surface area contributed by atoms with Crippen molar-refractivity contribution >= 4 is 5.97 Å². The fourth-order valence-electron chi connectivity index (χ4n) is 1.62. The van der Waals surface area contributed by atoms with Crippen LogP contribution in [0.3, 0.4) is 0 Å². The van der Waals surface area contributed by atoms with Crippen molar-refractivity contribution < 1.29 is 14.6 Å². The highest BCUT2D eigenvalue weighted by molar-refractivity contribution is 5.76. The molecule has 94 valence electrons. The van der Waals surface area contributed by atoms with Crippen molar-refractivity contribution in [3.8, 4) is 5.75 Å². The highest BCUT2D eigenvalue weighted by Gasteiger charge is 2.22. The molecule has 1 aromatic carbocycles. The smallest absolute Gasteiger partial charge is 0.325 e. The van der Waals surface area contributed by atoms with Crippen LogP contribution in [0.25, 0.3) is 0 Å². The summed E-state index contributed by atoms with van der Waals surface area (Å²) in [5.41, 5.74) is 0.676. The average Bonchev–Trinajstić information content (AvgIpc) is 2.31. The van der Waals surface area contributed by atoms with Crippen LogP contribution >= 0.6 is 0 Å². The van der Waals surface area contributed by atoms with Gasteiger partial charge in [-0.25, -0.2) is 0 Å². The first-order valence-corrected chi connectivity index (χ1v) is 5.88. The van der Waals surface area contributed by atoms with Gasteiger partial charge in [-0.15, -0.1) is 0 Å². The molecule has 0 amide bonds. The summed E-state index contributed by atoms with van der Waals surface area (Å²) in [7, 11) is 0. The largest absolute Gasteiger partial charge is 0.494 e. The number of hydrogen-bond acceptors (Lipinski definition) is 3. The van der Waals surface area contributed by atoms with E-state index >= 15 is 0 Å². The van der Waals surface area contributed by atoms with E-state index in [2.05, 4.69) is 5.32 Å². The summed E-state index contributed by atoms with van der Waals surface area (Å²) < 4.78 is 5.44. The number of carboxylic acids is 1. The number of benzene rings is 1. The van der Waals surface area contributed by atoms with Crippen LogP contribution in [0.2, 0.25) is 0 Å². The molecule has 0 heterocycles. The van der Waals surface area contributed by atoms with E-state index in [9.17, 15) is 9.90 Å². The van der Waals surface area contributed by atoms with Crippen molar-refractivity contribution in [1.29, 1.82) is 0 Å². The number of carbonyl (C=O) groups is 1. The lowest BCUT2D eigenvalue weighted by Crippen LogP contribution is -2.29. The molecule has 4 nitrogen and oxygen atoms in total. The maximum atomic E-state index is 11.2. The van der Waals surface area contributed by atoms with Gasteiger partial charge in [-0.3, -0.25) is 4.79 Å². The third kappa shape index (κ3) is 3.75. The maximum absolute atomic E-state index is 11.2. The lowest BCUT2D eigenvalue weighted by Gasteiger charge is -2.17. The Bertz CT molecular complexity index is 365. The van der Waals surface area contributed by atoms with Crippen LogP contribution in [0, 0.1) is 0 Å². The van der Waals surface area contributed by atoms with Crippen LogP contribution in [0.1, 0.15) is 31.9 Å². The van der Waals surface area contributed by atoms with Crippen LogP contribution in [-0.4, -0.2) is 24.2 Å². The standard InChI is InChI=1S/C13H19NO3/c1-3-9-14-12(13(15)16)10-7-5-6-8-11(10)17-4-2/h5-8,12,14H,3-4,9H2,1-2H3,(H,15,16). The fourth-order valence-corrected chi connectivity index (χ4v) is 1.62. The second-order valence-corrected chi connectivity index (χ2v) is 3.70. The second-order valence-electron chi connectivity index (χ2n) is 3.70. The minimum atomic E-state index is -0.884. The Labute approximate surface area is 102 Å². The van der Waals surface area contributed by atoms with E-state index in [1.54, 1.807) is 12.1 Å². The van der Waals surface area contributed by atoms with Crippen LogP contribution in [0.15, 0.2) is 24.3 Å². The Morgan fingerprint density at radius 3 is 2.71 bits per heavy atom. The Kier molecular flexibility index (Phi) is 5.49. The van der Waals surface area contributed by atoms with Crippen LogP contribution in [0.5, 0.6) is 5.75 Å². The Hall–Kier alpha value is -1.55. The fraction of sp³-hybridized carbons (Fsp3) is 0.462. The van der Waals surface area contributed by atoms with Gasteiger partial charge in [-0.05, 0) is 26.0 Å². The summed E-state index contributed by atoms with van der Waals surface area (Å²) in [5.74, 6) is -0.253. The molecular weight excluding hydrogens is 218 g/mol. The van der Waals surface area contributed by atoms with Gasteiger partial charge in [-0.1, -0.05) is 25.1 Å². The van der Waals surface area contributed by atoms with Crippen molar-refractivity contribution in [2.24, 2.45) is 0 Å². The molecule has 17 heavy (non-hydrogen) atoms. The van der Waals surface area contributed by atoms with E-state index < -0.39 is 12.0 Å². The molecule has 0 aliphatic rings. The molecular formula is C13H19NO3. The van der Waals surface area contributed by atoms with Crippen molar-refractivity contribution in [1.82, 2.24) is 5.32 Å². The molecule has 0 saturated heterocycles. The van der Waals surface area contributed by atoms with E-state index in [-0.39, 0.29) is 0 Å². The molecule has 0 fully saturated rings. The molecule has 0 aliphatic carbocycles. The maximum Gasteiger partial charge on any atom is 0.325 e. The molecule has 0 bridgehead atoms. The lowest BCUT2D eigenvalue weighted by molar-refractivity contribution is -0.139. The highest BCUT2D eigenvalue weighted by atomic mass is 16.5. The molecule has 1 atom stereocenters. The van der Waals surface area contributed by atoms with E-state index in [4.69, 9.17) is 4.74 Å². The molecule has 0 aliphatic heterocycles. The molecule has 0 spiro atoms. The Morgan fingerprint density at radius 2 is 2.12 bits per heavy atom. The van der Waals surface area contributed by atoms with Gasteiger partial charge in [-0.2, -0.15) is 0 Å². The number of aliphatic carboxylic acids is 1. The summed E-state index contributed by atoms with van der Waals surface area (Å²) in [6, 6.07) is 6.53. The zero-order valence-electron chi connectivity index (χ0n) is 10.3. The first-order chi connectivity index (χ1) is 8.20. The van der Waals surface area contributed by atoms with Gasteiger partial charge in [0.05, 0.1) is 6.61 Å². The van der Waals surface area contributed by atoms with Gasteiger partial charge in [0, 0.05) is 5.56 Å². The summed E-state index contributed by atoms with van der Waals surface area (Å²) in [6.07, 6.45) is 0.889. The summed E-state index contributed by atoms with van der Waals surface area (Å²) >= 11 is 0. The van der Waals surface area contributed by atoms with Crippen LogP contribution in [0.4, 0.5) is 0 Å². The van der Waals surface area contributed by atoms with E-state index in [0.717, 1.165) is 6.42 Å². The average molecular weight is 237 g/mol. The predicted octanol–water partition coefficient (Wildman–Crippen LogP) is 2.21. The predicted molar refractivity (Wildman–Crippen MR) is 66.3 cm³/mol. The van der Waals surface area contributed by atoms with Gasteiger partial charge in [0.15, 0.2) is 0 Å². The zero-order chi connectivity index (χ0) is 12.7. The quantitative estimate of drug-likeness (QED) is 0.763. The zero-order valence-corrected chi connectivity index (χ0v) is 10.3. The lowest BCUT2D eigenvalue weighted by atomic mass is 10.1. The van der Waals surface area contributed by atoms with Crippen molar-refractivity contribution in [3.63, 3.8) is 0 Å². The highest BCUT2D eigenvalue weighted by Crippen LogP contribution is 2.25. The molecule has 0 saturated carbocycles. The minimum absolute atomic E-state index is 0.525. The number of rotatable bonds is 7. The summed E-state index contributed by atoms with van der Waals surface area (Å²) in [6.45, 7) is 5.07. The normalized spacial score (nSPS) is 12.1. The van der Waals surface area contributed by atoms with E-state index in [1.165, 1.54) is 0 Å². The third-order valence-corrected chi connectivity index (χ3v) is 2.38. The number of ether oxygens (including phenoxy) is 1. The van der Waals surface area contributed by atoms with E-state index in [1.807, 2.05) is 26.0 Å². The first-order valence-electron chi connectivity index (χ1n) is 5.88. The Balaban J connectivity index is 2.95. The molecule has 1 aromatic rings. The van der Waals surface area contributed by atoms with Gasteiger partial charge in [0.25, 0.3) is 0 Å². The summed E-state index contributed by atoms with van der Waals surface area (Å²) in [4.78, 5) is 11.2.